The number of hydrogen-bond donors (Lipinski definition) is 0. The highest BCUT2D eigenvalue weighted by Crippen LogP contribution is 2.37. The first kappa shape index (κ1) is 20.6. The molecule has 3 rings (SSSR count). The van der Waals surface area contributed by atoms with Gasteiger partial charge in [0.2, 0.25) is 11.7 Å². The van der Waals surface area contributed by atoms with Crippen molar-refractivity contribution in [2.24, 2.45) is 7.05 Å². The summed E-state index contributed by atoms with van der Waals surface area (Å²) < 4.78 is 71.2. The van der Waals surface area contributed by atoms with E-state index >= 15 is 0 Å². The molecule has 6 nitrogen and oxygen atoms in total. The molecule has 0 saturated carbocycles. The predicted octanol–water partition coefficient (Wildman–Crippen LogP) is 3.75. The number of rotatable bonds is 5. The van der Waals surface area contributed by atoms with Gasteiger partial charge in [-0.25, -0.2) is 4.68 Å². The summed E-state index contributed by atoms with van der Waals surface area (Å²) in [6.45, 7) is 1.74. The Bertz CT molecular complexity index is 1150. The lowest BCUT2D eigenvalue weighted by Crippen LogP contribution is -2.16. The third-order valence-electron chi connectivity index (χ3n) is 4.02. The van der Waals surface area contributed by atoms with Gasteiger partial charge in [0.15, 0.2) is 5.69 Å². The van der Waals surface area contributed by atoms with Gasteiger partial charge in [0.05, 0.1) is 0 Å². The maximum absolute atomic E-state index is 13.5. The van der Waals surface area contributed by atoms with Crippen LogP contribution in [0.2, 0.25) is 0 Å². The maximum Gasteiger partial charge on any atom is 0.436 e. The summed E-state index contributed by atoms with van der Waals surface area (Å²) in [7, 11) is -3.44. The zero-order valence-corrected chi connectivity index (χ0v) is 16.1. The van der Waals surface area contributed by atoms with Crippen molar-refractivity contribution in [1.29, 1.82) is 0 Å². The first-order chi connectivity index (χ1) is 13.5. The highest BCUT2D eigenvalue weighted by molar-refractivity contribution is 7.87. The van der Waals surface area contributed by atoms with Gasteiger partial charge >= 0.3 is 16.3 Å². The standard InChI is InChI=1S/C19H15F3N2O4S/c1-12-8-10-14(11-9-12)29(26,27)28-18-15(16(25)13-6-4-3-5-7-13)17(19(20,21)22)23-24(18)2/h3-11H,1-2H3. The topological polar surface area (TPSA) is 78.3 Å². The van der Waals surface area contributed by atoms with Crippen LogP contribution in [-0.4, -0.2) is 24.0 Å². The summed E-state index contributed by atoms with van der Waals surface area (Å²) >= 11 is 0. The zero-order chi connectivity index (χ0) is 21.4. The van der Waals surface area contributed by atoms with E-state index in [0.717, 1.165) is 12.6 Å². The summed E-state index contributed by atoms with van der Waals surface area (Å²) in [5, 5.41) is 3.30. The fourth-order valence-corrected chi connectivity index (χ4v) is 3.56. The summed E-state index contributed by atoms with van der Waals surface area (Å²) in [4.78, 5) is 12.5. The first-order valence-corrected chi connectivity index (χ1v) is 9.66. The van der Waals surface area contributed by atoms with E-state index in [1.807, 2.05) is 0 Å². The van der Waals surface area contributed by atoms with Crippen molar-refractivity contribution in [1.82, 2.24) is 9.78 Å². The molecule has 0 bridgehead atoms. The lowest BCUT2D eigenvalue weighted by atomic mass is 10.0. The van der Waals surface area contributed by atoms with Crippen LogP contribution in [0.5, 0.6) is 5.88 Å². The van der Waals surface area contributed by atoms with Gasteiger partial charge in [0.25, 0.3) is 0 Å². The van der Waals surface area contributed by atoms with E-state index in [-0.39, 0.29) is 10.5 Å². The van der Waals surface area contributed by atoms with E-state index in [0.29, 0.717) is 4.68 Å². The van der Waals surface area contributed by atoms with Crippen molar-refractivity contribution in [2.45, 2.75) is 18.0 Å². The third kappa shape index (κ3) is 4.16. The molecule has 0 spiro atoms. The van der Waals surface area contributed by atoms with E-state index in [1.165, 1.54) is 48.5 Å². The Morgan fingerprint density at radius 1 is 1.03 bits per heavy atom. The third-order valence-corrected chi connectivity index (χ3v) is 5.25. The van der Waals surface area contributed by atoms with E-state index in [4.69, 9.17) is 4.18 Å². The molecule has 0 atom stereocenters. The van der Waals surface area contributed by atoms with Crippen LogP contribution < -0.4 is 4.18 Å². The van der Waals surface area contributed by atoms with Crippen molar-refractivity contribution < 1.29 is 30.6 Å². The van der Waals surface area contributed by atoms with E-state index in [9.17, 15) is 26.4 Å². The molecule has 0 aliphatic heterocycles. The number of aryl methyl sites for hydroxylation is 2. The number of carbonyl (C=O) groups is 1. The normalized spacial score (nSPS) is 12.0. The molecule has 1 aromatic heterocycles. The highest BCUT2D eigenvalue weighted by Gasteiger charge is 2.43. The molecule has 3 aromatic rings. The van der Waals surface area contributed by atoms with Gasteiger partial charge in [0, 0.05) is 12.6 Å². The highest BCUT2D eigenvalue weighted by atomic mass is 32.2. The zero-order valence-electron chi connectivity index (χ0n) is 15.3. The van der Waals surface area contributed by atoms with Crippen LogP contribution in [0.15, 0.2) is 59.5 Å². The number of ketones is 1. The SMILES string of the molecule is Cc1ccc(S(=O)(=O)Oc2c(C(=O)c3ccccc3)c(C(F)(F)F)nn2C)cc1. The molecule has 0 radical (unpaired) electrons. The average Bonchev–Trinajstić information content (AvgIpc) is 2.98. The molecule has 0 aliphatic carbocycles. The second-order valence-corrected chi connectivity index (χ2v) is 7.74. The lowest BCUT2D eigenvalue weighted by Gasteiger charge is -2.10. The molecule has 152 valence electrons. The Balaban J connectivity index is 2.15. The fraction of sp³-hybridized carbons (Fsp3) is 0.158. The molecular weight excluding hydrogens is 409 g/mol. The number of benzene rings is 2. The number of halogens is 3. The molecule has 0 aliphatic rings. The van der Waals surface area contributed by atoms with Crippen LogP contribution in [-0.2, 0) is 23.3 Å². The number of nitrogens with zero attached hydrogens (tertiary/aromatic N) is 2. The minimum Gasteiger partial charge on any atom is -0.358 e. The summed E-state index contributed by atoms with van der Waals surface area (Å²) in [5.74, 6) is -1.87. The number of aromatic nitrogens is 2. The summed E-state index contributed by atoms with van der Waals surface area (Å²) in [6.07, 6.45) is -4.99. The van der Waals surface area contributed by atoms with Gasteiger partial charge in [-0.2, -0.15) is 26.7 Å². The monoisotopic (exact) mass is 424 g/mol. The molecule has 29 heavy (non-hydrogen) atoms. The molecular formula is C19H15F3N2O4S. The van der Waals surface area contributed by atoms with Crippen molar-refractivity contribution in [3.63, 3.8) is 0 Å². The Labute approximate surface area is 164 Å². The van der Waals surface area contributed by atoms with Gasteiger partial charge in [-0.15, -0.1) is 0 Å². The molecule has 0 fully saturated rings. The number of alkyl halides is 3. The Morgan fingerprint density at radius 2 is 1.62 bits per heavy atom. The van der Waals surface area contributed by atoms with E-state index in [2.05, 4.69) is 5.10 Å². The van der Waals surface area contributed by atoms with Gasteiger partial charge in [-0.3, -0.25) is 4.79 Å². The van der Waals surface area contributed by atoms with Crippen LogP contribution in [0.1, 0.15) is 27.2 Å². The Morgan fingerprint density at radius 3 is 2.17 bits per heavy atom. The number of hydrogen-bond acceptors (Lipinski definition) is 5. The maximum atomic E-state index is 13.5. The molecule has 2 aromatic carbocycles. The van der Waals surface area contributed by atoms with Gasteiger partial charge in [-0.05, 0) is 19.1 Å². The van der Waals surface area contributed by atoms with Crippen LogP contribution in [0, 0.1) is 6.92 Å². The van der Waals surface area contributed by atoms with Gasteiger partial charge in [-0.1, -0.05) is 48.0 Å². The average molecular weight is 424 g/mol. The van der Waals surface area contributed by atoms with Crippen molar-refractivity contribution >= 4 is 15.9 Å². The van der Waals surface area contributed by atoms with Crippen LogP contribution in [0.25, 0.3) is 0 Å². The molecule has 1 heterocycles. The number of carbonyl (C=O) groups excluding carboxylic acids is 1. The minimum absolute atomic E-state index is 0.0661. The second-order valence-electron chi connectivity index (χ2n) is 6.20. The van der Waals surface area contributed by atoms with Crippen LogP contribution in [0.4, 0.5) is 13.2 Å². The fourth-order valence-electron chi connectivity index (χ4n) is 2.60. The molecule has 0 unspecified atom stereocenters. The summed E-state index contributed by atoms with van der Waals surface area (Å²) in [5.41, 5.74) is -1.78. The van der Waals surface area contributed by atoms with Crippen molar-refractivity contribution in [3.8, 4) is 5.88 Å². The van der Waals surface area contributed by atoms with Crippen molar-refractivity contribution in [2.75, 3.05) is 0 Å². The quantitative estimate of drug-likeness (QED) is 0.461. The minimum atomic E-state index is -4.99. The molecule has 0 amide bonds. The smallest absolute Gasteiger partial charge is 0.358 e. The van der Waals surface area contributed by atoms with Crippen LogP contribution in [0.3, 0.4) is 0 Å². The van der Waals surface area contributed by atoms with Gasteiger partial charge < -0.3 is 4.18 Å². The van der Waals surface area contributed by atoms with E-state index in [1.54, 1.807) is 13.0 Å². The van der Waals surface area contributed by atoms with E-state index < -0.39 is 39.2 Å². The molecule has 10 heteroatoms. The van der Waals surface area contributed by atoms with Crippen LogP contribution >= 0.6 is 0 Å². The predicted molar refractivity (Wildman–Crippen MR) is 97.1 cm³/mol. The molecule has 0 saturated heterocycles. The second kappa shape index (κ2) is 7.36. The largest absolute Gasteiger partial charge is 0.436 e. The van der Waals surface area contributed by atoms with Crippen molar-refractivity contribution in [3.05, 3.63) is 77.0 Å². The first-order valence-electron chi connectivity index (χ1n) is 8.26. The summed E-state index contributed by atoms with van der Waals surface area (Å²) in [6, 6.07) is 12.7. The molecule has 0 N–H and O–H groups in total. The Kier molecular flexibility index (Phi) is 5.22. The van der Waals surface area contributed by atoms with Gasteiger partial charge in [0.1, 0.15) is 10.5 Å². The lowest BCUT2D eigenvalue weighted by molar-refractivity contribution is -0.141. The Hall–Kier alpha value is -3.14.